The van der Waals surface area contributed by atoms with E-state index in [1.54, 1.807) is 12.1 Å². The highest BCUT2D eigenvalue weighted by molar-refractivity contribution is 6.32. The van der Waals surface area contributed by atoms with Gasteiger partial charge in [-0.2, -0.15) is 0 Å². The number of aliphatic hydroxyl groups is 2. The van der Waals surface area contributed by atoms with Crippen molar-refractivity contribution in [2.75, 3.05) is 31.6 Å². The summed E-state index contributed by atoms with van der Waals surface area (Å²) in [4.78, 5) is 40.4. The molecule has 3 aliphatic heterocycles. The molecular weight excluding hydrogens is 482 g/mol. The van der Waals surface area contributed by atoms with E-state index in [0.29, 0.717) is 37.4 Å². The summed E-state index contributed by atoms with van der Waals surface area (Å²) in [7, 11) is 6.28. The van der Waals surface area contributed by atoms with Gasteiger partial charge in [0, 0.05) is 55.0 Å². The fourth-order valence-corrected chi connectivity index (χ4v) is 4.97. The van der Waals surface area contributed by atoms with Crippen LogP contribution in [0, 0.1) is 5.82 Å². The van der Waals surface area contributed by atoms with Gasteiger partial charge in [-0.05, 0) is 24.6 Å². The van der Waals surface area contributed by atoms with Crippen LogP contribution in [0.1, 0.15) is 39.9 Å². The van der Waals surface area contributed by atoms with E-state index in [4.69, 9.17) is 12.6 Å². The highest BCUT2D eigenvalue weighted by Crippen LogP contribution is 2.37. The van der Waals surface area contributed by atoms with Crippen LogP contribution in [0.25, 0.3) is 0 Å². The van der Waals surface area contributed by atoms with Crippen molar-refractivity contribution < 1.29 is 33.7 Å². The van der Waals surface area contributed by atoms with Gasteiger partial charge in [-0.25, -0.2) is 4.39 Å². The number of hydrogen-bond acceptors (Lipinski definition) is 8. The van der Waals surface area contributed by atoms with Crippen molar-refractivity contribution in [3.8, 4) is 0 Å². The molecule has 3 aliphatic rings. The van der Waals surface area contributed by atoms with Crippen LogP contribution >= 0.6 is 0 Å². The summed E-state index contributed by atoms with van der Waals surface area (Å²) in [5, 5.41) is 26.6. The first-order valence-corrected chi connectivity index (χ1v) is 12.0. The van der Waals surface area contributed by atoms with Gasteiger partial charge in [0.05, 0.1) is 24.2 Å². The summed E-state index contributed by atoms with van der Waals surface area (Å²) in [5.41, 5.74) is -1.09. The molecule has 2 aromatic rings. The molecule has 2 aromatic carbocycles. The first kappa shape index (κ1) is 25.3. The molecule has 3 amide bonds. The number of rotatable bonds is 6. The van der Waals surface area contributed by atoms with E-state index >= 15 is 4.39 Å². The SMILES string of the molecule is [B]C1(N2Cc3c(NC(O)(O)c4cccc(CN5CCOCC5)c4F)cccc3C2=O)CCC(=O)NC1=O. The molecule has 0 spiro atoms. The number of benzene rings is 2. The second-order valence-electron chi connectivity index (χ2n) is 9.49. The average molecular weight is 508 g/mol. The molecular formula is C25H26BFN4O6. The molecule has 2 radical (unpaired) electrons. The molecule has 1 unspecified atom stereocenters. The Labute approximate surface area is 213 Å². The normalized spacial score (nSPS) is 22.7. The van der Waals surface area contributed by atoms with E-state index in [-0.39, 0.29) is 42.7 Å². The lowest BCUT2D eigenvalue weighted by molar-refractivity contribution is -0.146. The number of ether oxygens (including phenoxy) is 1. The fourth-order valence-electron chi connectivity index (χ4n) is 4.97. The molecule has 0 bridgehead atoms. The summed E-state index contributed by atoms with van der Waals surface area (Å²) in [5.74, 6) is -5.36. The average Bonchev–Trinajstić information content (AvgIpc) is 3.21. The smallest absolute Gasteiger partial charge is 0.275 e. The van der Waals surface area contributed by atoms with Crippen molar-refractivity contribution in [2.24, 2.45) is 0 Å². The van der Waals surface area contributed by atoms with E-state index in [9.17, 15) is 24.6 Å². The number of nitrogens with one attached hydrogen (secondary N) is 2. The van der Waals surface area contributed by atoms with E-state index in [1.165, 1.54) is 24.3 Å². The maximum absolute atomic E-state index is 15.4. The van der Waals surface area contributed by atoms with Crippen LogP contribution in [0.15, 0.2) is 36.4 Å². The third-order valence-corrected chi connectivity index (χ3v) is 7.09. The summed E-state index contributed by atoms with van der Waals surface area (Å²) in [6, 6.07) is 8.96. The fraction of sp³-hybridized carbons (Fsp3) is 0.400. The van der Waals surface area contributed by atoms with Gasteiger partial charge in [0.25, 0.3) is 11.8 Å². The number of nitrogens with zero attached hydrogens (tertiary/aromatic N) is 2. The summed E-state index contributed by atoms with van der Waals surface area (Å²) in [6.07, 6.45) is -0.0742. The molecule has 192 valence electrons. The molecule has 0 aliphatic carbocycles. The number of morpholine rings is 1. The minimum Gasteiger partial charge on any atom is -0.379 e. The van der Waals surface area contributed by atoms with E-state index < -0.39 is 34.9 Å². The van der Waals surface area contributed by atoms with Crippen LogP contribution < -0.4 is 10.6 Å². The molecule has 3 heterocycles. The Hall–Kier alpha value is -3.32. The van der Waals surface area contributed by atoms with E-state index in [2.05, 4.69) is 10.6 Å². The number of amides is 3. The molecule has 5 rings (SSSR count). The zero-order valence-corrected chi connectivity index (χ0v) is 20.0. The molecule has 37 heavy (non-hydrogen) atoms. The molecule has 4 N–H and O–H groups in total. The lowest BCUT2D eigenvalue weighted by Gasteiger charge is -2.40. The molecule has 1 atom stereocenters. The number of hydrogen-bond donors (Lipinski definition) is 4. The molecule has 12 heteroatoms. The molecule has 2 saturated heterocycles. The molecule has 10 nitrogen and oxygen atoms in total. The van der Waals surface area contributed by atoms with Crippen LogP contribution in [0.3, 0.4) is 0 Å². The Morgan fingerprint density at radius 1 is 1.14 bits per heavy atom. The van der Waals surface area contributed by atoms with Gasteiger partial charge < -0.3 is 25.2 Å². The van der Waals surface area contributed by atoms with Gasteiger partial charge in [-0.1, -0.05) is 18.2 Å². The van der Waals surface area contributed by atoms with Gasteiger partial charge in [-0.15, -0.1) is 0 Å². The second kappa shape index (κ2) is 9.53. The number of carbonyl (C=O) groups excluding carboxylic acids is 3. The lowest BCUT2D eigenvalue weighted by Crippen LogP contribution is -2.63. The first-order valence-electron chi connectivity index (χ1n) is 12.0. The summed E-state index contributed by atoms with van der Waals surface area (Å²) >= 11 is 0. The van der Waals surface area contributed by atoms with Crippen LogP contribution in [0.5, 0.6) is 0 Å². The van der Waals surface area contributed by atoms with Crippen molar-refractivity contribution >= 4 is 31.3 Å². The second-order valence-corrected chi connectivity index (χ2v) is 9.49. The largest absolute Gasteiger partial charge is 0.379 e. The summed E-state index contributed by atoms with van der Waals surface area (Å²) < 4.78 is 20.7. The third kappa shape index (κ3) is 4.61. The summed E-state index contributed by atoms with van der Waals surface area (Å²) in [6.45, 7) is 2.53. The highest BCUT2D eigenvalue weighted by atomic mass is 19.1. The monoisotopic (exact) mass is 508 g/mol. The van der Waals surface area contributed by atoms with Crippen LogP contribution in [-0.2, 0) is 33.3 Å². The predicted octanol–water partition coefficient (Wildman–Crippen LogP) is 0.122. The van der Waals surface area contributed by atoms with E-state index in [1.807, 2.05) is 4.90 Å². The van der Waals surface area contributed by atoms with Crippen molar-refractivity contribution in [2.45, 2.75) is 37.3 Å². The quantitative estimate of drug-likeness (QED) is 0.246. The first-order chi connectivity index (χ1) is 17.6. The minimum atomic E-state index is -2.81. The minimum absolute atomic E-state index is 0.0239. The predicted molar refractivity (Wildman–Crippen MR) is 129 cm³/mol. The molecule has 0 aromatic heterocycles. The van der Waals surface area contributed by atoms with Crippen LogP contribution in [-0.4, -0.2) is 77.3 Å². The van der Waals surface area contributed by atoms with Gasteiger partial charge in [-0.3, -0.25) is 24.6 Å². The molecule has 2 fully saturated rings. The van der Waals surface area contributed by atoms with Crippen LogP contribution in [0.2, 0.25) is 0 Å². The lowest BCUT2D eigenvalue weighted by atomic mass is 9.70. The Morgan fingerprint density at radius 2 is 1.86 bits per heavy atom. The number of fused-ring (bicyclic) bond motifs is 1. The number of halogens is 1. The van der Waals surface area contributed by atoms with Gasteiger partial charge in [0.1, 0.15) is 13.7 Å². The third-order valence-electron chi connectivity index (χ3n) is 7.09. The standard InChI is InChI=1S/C25H26BFN4O6/c26-24(8-7-20(32)28-23(24)34)31-14-17-16(22(31)33)4-2-6-19(17)29-25(35,36)18-5-1-3-15(21(18)27)13-30-9-11-37-12-10-30/h1-6,29,35-36H,7-14H2,(H,28,32,34). The Kier molecular flexibility index (Phi) is 6.53. The van der Waals surface area contributed by atoms with Crippen molar-refractivity contribution in [1.29, 1.82) is 0 Å². The highest BCUT2D eigenvalue weighted by Gasteiger charge is 2.48. The van der Waals surface area contributed by atoms with Crippen molar-refractivity contribution in [3.63, 3.8) is 0 Å². The maximum atomic E-state index is 15.4. The van der Waals surface area contributed by atoms with Crippen molar-refractivity contribution in [1.82, 2.24) is 15.1 Å². The zero-order chi connectivity index (χ0) is 26.4. The number of carbonyl (C=O) groups is 3. The Bertz CT molecular complexity index is 1270. The van der Waals surface area contributed by atoms with E-state index in [0.717, 1.165) is 4.90 Å². The number of anilines is 1. The Balaban J connectivity index is 1.40. The van der Waals surface area contributed by atoms with Gasteiger partial charge >= 0.3 is 0 Å². The van der Waals surface area contributed by atoms with Gasteiger partial charge in [0.15, 0.2) is 0 Å². The zero-order valence-electron chi connectivity index (χ0n) is 20.0. The maximum Gasteiger partial charge on any atom is 0.275 e. The van der Waals surface area contributed by atoms with Crippen molar-refractivity contribution in [3.05, 3.63) is 64.5 Å². The van der Waals surface area contributed by atoms with Gasteiger partial charge in [0.2, 0.25) is 11.8 Å². The number of piperidine rings is 1. The topological polar surface area (TPSA) is 131 Å². The number of imide groups is 1. The Morgan fingerprint density at radius 3 is 2.59 bits per heavy atom. The van der Waals surface area contributed by atoms with Crippen LogP contribution in [0.4, 0.5) is 10.1 Å². The molecule has 0 saturated carbocycles.